The van der Waals surface area contributed by atoms with Crippen LogP contribution in [0.15, 0.2) is 28.7 Å². The lowest BCUT2D eigenvalue weighted by Crippen LogP contribution is -2.51. The van der Waals surface area contributed by atoms with E-state index in [1.54, 1.807) is 0 Å². The molecular formula is C16H24BrClN2O. The summed E-state index contributed by atoms with van der Waals surface area (Å²) in [5.74, 6) is 0.239. The Kier molecular flexibility index (Phi) is 7.71. The van der Waals surface area contributed by atoms with Gasteiger partial charge in [0.1, 0.15) is 0 Å². The van der Waals surface area contributed by atoms with E-state index in [1.165, 1.54) is 12.0 Å². The highest BCUT2D eigenvalue weighted by Gasteiger charge is 2.28. The maximum absolute atomic E-state index is 12.5. The number of nitrogens with two attached hydrogens (primary N) is 1. The third-order valence-electron chi connectivity index (χ3n) is 4.04. The van der Waals surface area contributed by atoms with Crippen molar-refractivity contribution in [3.63, 3.8) is 0 Å². The standard InChI is InChI=1S/C16H23BrN2O.ClH/c1-12(18)15-8-4-5-11-19(15)16(20)10-9-13-6-2-3-7-14(13)17;/h2-3,6-7,12,15H,4-5,8-11,18H2,1H3;1H. The van der Waals surface area contributed by atoms with E-state index in [4.69, 9.17) is 5.73 Å². The number of benzene rings is 1. The Morgan fingerprint density at radius 3 is 2.81 bits per heavy atom. The normalized spacial score (nSPS) is 19.8. The van der Waals surface area contributed by atoms with Crippen LogP contribution in [0.4, 0.5) is 0 Å². The van der Waals surface area contributed by atoms with Crippen LogP contribution >= 0.6 is 28.3 Å². The van der Waals surface area contributed by atoms with Gasteiger partial charge in [-0.2, -0.15) is 0 Å². The van der Waals surface area contributed by atoms with E-state index in [0.29, 0.717) is 6.42 Å². The van der Waals surface area contributed by atoms with Crippen molar-refractivity contribution in [1.82, 2.24) is 4.90 Å². The Bertz CT molecular complexity index is 467. The second-order valence-corrected chi connectivity index (χ2v) is 6.46. The van der Waals surface area contributed by atoms with Gasteiger partial charge in [0.05, 0.1) is 0 Å². The van der Waals surface area contributed by atoms with E-state index >= 15 is 0 Å². The lowest BCUT2D eigenvalue weighted by Gasteiger charge is -2.38. The molecule has 0 aromatic heterocycles. The minimum Gasteiger partial charge on any atom is -0.338 e. The molecule has 2 rings (SSSR count). The highest BCUT2D eigenvalue weighted by Crippen LogP contribution is 2.22. The van der Waals surface area contributed by atoms with Gasteiger partial charge in [0.2, 0.25) is 5.91 Å². The number of rotatable bonds is 4. The molecule has 21 heavy (non-hydrogen) atoms. The van der Waals surface area contributed by atoms with Gasteiger partial charge in [-0.25, -0.2) is 0 Å². The summed E-state index contributed by atoms with van der Waals surface area (Å²) in [6, 6.07) is 8.36. The van der Waals surface area contributed by atoms with E-state index in [9.17, 15) is 4.79 Å². The molecule has 1 aliphatic heterocycles. The number of carbonyl (C=O) groups is 1. The lowest BCUT2D eigenvalue weighted by molar-refractivity contribution is -0.135. The Hall–Kier alpha value is -0.580. The van der Waals surface area contributed by atoms with Crippen LogP contribution < -0.4 is 5.73 Å². The van der Waals surface area contributed by atoms with Crippen LogP contribution in [0, 0.1) is 0 Å². The summed E-state index contributed by atoms with van der Waals surface area (Å²) in [6.07, 6.45) is 4.66. The first kappa shape index (κ1) is 18.5. The molecule has 1 amide bonds. The van der Waals surface area contributed by atoms with Crippen LogP contribution in [0.3, 0.4) is 0 Å². The Morgan fingerprint density at radius 1 is 1.43 bits per heavy atom. The van der Waals surface area contributed by atoms with Crippen molar-refractivity contribution in [2.24, 2.45) is 5.73 Å². The molecule has 0 bridgehead atoms. The SMILES string of the molecule is CC(N)C1CCCCN1C(=O)CCc1ccccc1Br.Cl. The van der Waals surface area contributed by atoms with E-state index in [1.807, 2.05) is 30.0 Å². The number of hydrogen-bond acceptors (Lipinski definition) is 2. The highest BCUT2D eigenvalue weighted by atomic mass is 79.9. The van der Waals surface area contributed by atoms with Gasteiger partial charge >= 0.3 is 0 Å². The van der Waals surface area contributed by atoms with Crippen molar-refractivity contribution in [1.29, 1.82) is 0 Å². The first-order chi connectivity index (χ1) is 9.59. The molecule has 2 atom stereocenters. The van der Waals surface area contributed by atoms with Crippen molar-refractivity contribution in [2.45, 2.75) is 51.1 Å². The fourth-order valence-electron chi connectivity index (χ4n) is 2.90. The zero-order chi connectivity index (χ0) is 14.5. The van der Waals surface area contributed by atoms with E-state index in [0.717, 1.165) is 30.3 Å². The summed E-state index contributed by atoms with van der Waals surface area (Å²) in [4.78, 5) is 14.5. The number of halogens is 2. The smallest absolute Gasteiger partial charge is 0.223 e. The molecule has 0 spiro atoms. The molecule has 1 aromatic rings. The van der Waals surface area contributed by atoms with Gasteiger partial charge in [-0.3, -0.25) is 4.79 Å². The lowest BCUT2D eigenvalue weighted by atomic mass is 9.96. The van der Waals surface area contributed by atoms with Crippen LogP contribution in [0.2, 0.25) is 0 Å². The van der Waals surface area contributed by atoms with E-state index < -0.39 is 0 Å². The molecular weight excluding hydrogens is 352 g/mol. The number of amides is 1. The molecule has 1 saturated heterocycles. The van der Waals surface area contributed by atoms with Gasteiger partial charge in [0.15, 0.2) is 0 Å². The summed E-state index contributed by atoms with van der Waals surface area (Å²) in [6.45, 7) is 2.87. The predicted molar refractivity (Wildman–Crippen MR) is 92.7 cm³/mol. The fourth-order valence-corrected chi connectivity index (χ4v) is 3.38. The zero-order valence-electron chi connectivity index (χ0n) is 12.4. The number of piperidine rings is 1. The topological polar surface area (TPSA) is 46.3 Å². The Balaban J connectivity index is 0.00000220. The molecule has 3 nitrogen and oxygen atoms in total. The molecule has 0 radical (unpaired) electrons. The molecule has 118 valence electrons. The molecule has 1 aromatic carbocycles. The molecule has 1 heterocycles. The molecule has 2 N–H and O–H groups in total. The van der Waals surface area contributed by atoms with Gasteiger partial charge < -0.3 is 10.6 Å². The number of hydrogen-bond donors (Lipinski definition) is 1. The van der Waals surface area contributed by atoms with E-state index in [2.05, 4.69) is 22.0 Å². The van der Waals surface area contributed by atoms with Gasteiger partial charge in [-0.05, 0) is 44.2 Å². The molecule has 1 fully saturated rings. The number of carbonyl (C=O) groups excluding carboxylic acids is 1. The van der Waals surface area contributed by atoms with E-state index in [-0.39, 0.29) is 30.4 Å². The van der Waals surface area contributed by atoms with Crippen molar-refractivity contribution < 1.29 is 4.79 Å². The van der Waals surface area contributed by atoms with Gasteiger partial charge in [-0.15, -0.1) is 12.4 Å². The van der Waals surface area contributed by atoms with Gasteiger partial charge in [0.25, 0.3) is 0 Å². The number of likely N-dealkylation sites (tertiary alicyclic amines) is 1. The maximum atomic E-state index is 12.5. The van der Waals surface area contributed by atoms with Crippen molar-refractivity contribution in [3.8, 4) is 0 Å². The first-order valence-corrected chi connectivity index (χ1v) is 8.17. The van der Waals surface area contributed by atoms with Crippen molar-refractivity contribution >= 4 is 34.2 Å². The van der Waals surface area contributed by atoms with Crippen LogP contribution in [0.5, 0.6) is 0 Å². The number of aryl methyl sites for hydroxylation is 1. The largest absolute Gasteiger partial charge is 0.338 e. The Morgan fingerprint density at radius 2 is 2.14 bits per heavy atom. The summed E-state index contributed by atoms with van der Waals surface area (Å²) in [5.41, 5.74) is 7.22. The number of nitrogens with zero attached hydrogens (tertiary/aromatic N) is 1. The fraction of sp³-hybridized carbons (Fsp3) is 0.562. The van der Waals surface area contributed by atoms with Gasteiger partial charge in [0, 0.05) is 29.5 Å². The maximum Gasteiger partial charge on any atom is 0.223 e. The van der Waals surface area contributed by atoms with Crippen LogP contribution in [-0.4, -0.2) is 29.4 Å². The molecule has 1 aliphatic rings. The van der Waals surface area contributed by atoms with Crippen molar-refractivity contribution in [2.75, 3.05) is 6.54 Å². The average Bonchev–Trinajstić information content (AvgIpc) is 2.46. The first-order valence-electron chi connectivity index (χ1n) is 7.38. The molecule has 2 unspecified atom stereocenters. The second kappa shape index (κ2) is 8.76. The highest BCUT2D eigenvalue weighted by molar-refractivity contribution is 9.10. The molecule has 5 heteroatoms. The zero-order valence-corrected chi connectivity index (χ0v) is 14.8. The second-order valence-electron chi connectivity index (χ2n) is 5.60. The monoisotopic (exact) mass is 374 g/mol. The summed E-state index contributed by atoms with van der Waals surface area (Å²) < 4.78 is 1.08. The van der Waals surface area contributed by atoms with Crippen molar-refractivity contribution in [3.05, 3.63) is 34.3 Å². The Labute approximate surface area is 141 Å². The minimum absolute atomic E-state index is 0. The quantitative estimate of drug-likeness (QED) is 0.875. The van der Waals surface area contributed by atoms with Gasteiger partial charge in [-0.1, -0.05) is 34.1 Å². The third-order valence-corrected chi connectivity index (χ3v) is 4.82. The predicted octanol–water partition coefficient (Wildman–Crippen LogP) is 3.53. The summed E-state index contributed by atoms with van der Waals surface area (Å²) in [7, 11) is 0. The van der Waals surface area contributed by atoms with Crippen LogP contribution in [0.1, 0.15) is 38.2 Å². The summed E-state index contributed by atoms with van der Waals surface area (Å²) >= 11 is 3.53. The molecule has 0 saturated carbocycles. The molecule has 0 aliphatic carbocycles. The van der Waals surface area contributed by atoms with Crippen LogP contribution in [-0.2, 0) is 11.2 Å². The summed E-state index contributed by atoms with van der Waals surface area (Å²) in [5, 5.41) is 0. The van der Waals surface area contributed by atoms with Crippen LogP contribution in [0.25, 0.3) is 0 Å². The third kappa shape index (κ3) is 4.97. The average molecular weight is 376 g/mol. The minimum atomic E-state index is 0.